The molecule has 0 spiro atoms. The number of alkyl halides is 2. The van der Waals surface area contributed by atoms with E-state index in [4.69, 9.17) is 5.26 Å². The first kappa shape index (κ1) is 11.1. The van der Waals surface area contributed by atoms with E-state index >= 15 is 0 Å². The van der Waals surface area contributed by atoms with E-state index in [1.54, 1.807) is 6.92 Å². The first-order valence-corrected chi connectivity index (χ1v) is 4.66. The Morgan fingerprint density at radius 1 is 1.64 bits per heavy atom. The molecule has 1 aromatic rings. The van der Waals surface area contributed by atoms with Gasteiger partial charge in [0.05, 0.1) is 18.2 Å². The van der Waals surface area contributed by atoms with E-state index in [9.17, 15) is 8.78 Å². The molecule has 0 aromatic carbocycles. The van der Waals surface area contributed by atoms with Crippen molar-refractivity contribution < 1.29 is 8.78 Å². The van der Waals surface area contributed by atoms with Crippen LogP contribution in [0.3, 0.4) is 0 Å². The minimum atomic E-state index is -2.59. The second kappa shape index (κ2) is 4.47. The highest BCUT2D eigenvalue weighted by molar-refractivity contribution is 9.10. The molecule has 0 bridgehead atoms. The molecule has 1 heterocycles. The molecular weight excluding hydrogens is 254 g/mol. The zero-order valence-electron chi connectivity index (χ0n) is 7.39. The lowest BCUT2D eigenvalue weighted by molar-refractivity contribution is 0.149. The number of hydrogen-bond acceptors (Lipinski definition) is 2. The second-order valence-corrected chi connectivity index (χ2v) is 3.52. The minimum absolute atomic E-state index is 0.0987. The summed E-state index contributed by atoms with van der Waals surface area (Å²) in [5, 5.41) is 8.44. The van der Waals surface area contributed by atoms with E-state index in [0.717, 1.165) is 0 Å². The van der Waals surface area contributed by atoms with Crippen molar-refractivity contribution in [1.29, 1.82) is 5.26 Å². The van der Waals surface area contributed by atoms with Gasteiger partial charge < -0.3 is 0 Å². The maximum Gasteiger partial charge on any atom is 0.265 e. The lowest BCUT2D eigenvalue weighted by Crippen LogP contribution is -2.00. The molecule has 0 amide bonds. The lowest BCUT2D eigenvalue weighted by Gasteiger charge is -2.07. The third-order valence-corrected chi connectivity index (χ3v) is 2.55. The van der Waals surface area contributed by atoms with E-state index in [-0.39, 0.29) is 17.7 Å². The average Bonchev–Trinajstić information content (AvgIpc) is 2.11. The van der Waals surface area contributed by atoms with E-state index in [0.29, 0.717) is 10.2 Å². The van der Waals surface area contributed by atoms with Crippen molar-refractivity contribution in [2.24, 2.45) is 0 Å². The van der Waals surface area contributed by atoms with Crippen LogP contribution in [0.2, 0.25) is 0 Å². The molecule has 0 atom stereocenters. The Labute approximate surface area is 88.7 Å². The SMILES string of the molecule is Cc1cc(C(F)F)c(CC#N)nc1Br. The second-order valence-electron chi connectivity index (χ2n) is 2.77. The highest BCUT2D eigenvalue weighted by Gasteiger charge is 2.15. The molecule has 0 N–H and O–H groups in total. The Morgan fingerprint density at radius 2 is 2.29 bits per heavy atom. The number of nitrogens with zero attached hydrogens (tertiary/aromatic N) is 2. The highest BCUT2D eigenvalue weighted by atomic mass is 79.9. The molecule has 2 nitrogen and oxygen atoms in total. The van der Waals surface area contributed by atoms with Gasteiger partial charge >= 0.3 is 0 Å². The summed E-state index contributed by atoms with van der Waals surface area (Å²) in [4.78, 5) is 3.90. The van der Waals surface area contributed by atoms with Crippen molar-refractivity contribution in [2.45, 2.75) is 19.8 Å². The smallest absolute Gasteiger partial charge is 0.244 e. The molecule has 0 unspecified atom stereocenters. The Kier molecular flexibility index (Phi) is 3.53. The van der Waals surface area contributed by atoms with Crippen molar-refractivity contribution in [1.82, 2.24) is 4.98 Å². The quantitative estimate of drug-likeness (QED) is 0.766. The highest BCUT2D eigenvalue weighted by Crippen LogP contribution is 2.26. The van der Waals surface area contributed by atoms with Crippen LogP contribution in [0.4, 0.5) is 8.78 Å². The summed E-state index contributed by atoms with van der Waals surface area (Å²) in [5.74, 6) is 0. The summed E-state index contributed by atoms with van der Waals surface area (Å²) in [6.45, 7) is 1.68. The van der Waals surface area contributed by atoms with Gasteiger partial charge in [0.15, 0.2) is 0 Å². The molecule has 5 heteroatoms. The van der Waals surface area contributed by atoms with Gasteiger partial charge in [-0.05, 0) is 34.5 Å². The van der Waals surface area contributed by atoms with Gasteiger partial charge in [-0.25, -0.2) is 13.8 Å². The molecule has 0 aliphatic heterocycles. The monoisotopic (exact) mass is 260 g/mol. The first-order chi connectivity index (χ1) is 6.56. The maximum absolute atomic E-state index is 12.5. The van der Waals surface area contributed by atoms with Crippen LogP contribution >= 0.6 is 15.9 Å². The molecule has 0 fully saturated rings. The Morgan fingerprint density at radius 3 is 2.79 bits per heavy atom. The van der Waals surface area contributed by atoms with Gasteiger partial charge in [0.1, 0.15) is 4.60 Å². The fourth-order valence-corrected chi connectivity index (χ4v) is 1.38. The van der Waals surface area contributed by atoms with Crippen molar-refractivity contribution in [3.63, 3.8) is 0 Å². The lowest BCUT2D eigenvalue weighted by atomic mass is 10.1. The Hall–Kier alpha value is -1.02. The van der Waals surface area contributed by atoms with Crippen molar-refractivity contribution in [3.8, 4) is 6.07 Å². The van der Waals surface area contributed by atoms with Crippen LogP contribution in [0, 0.1) is 18.3 Å². The van der Waals surface area contributed by atoms with Crippen molar-refractivity contribution in [2.75, 3.05) is 0 Å². The maximum atomic E-state index is 12.5. The largest absolute Gasteiger partial charge is 0.265 e. The van der Waals surface area contributed by atoms with Crippen LogP contribution < -0.4 is 0 Å². The Bertz CT molecular complexity index is 385. The number of hydrogen-bond donors (Lipinski definition) is 0. The minimum Gasteiger partial charge on any atom is -0.244 e. The summed E-state index contributed by atoms with van der Waals surface area (Å²) in [6.07, 6.45) is -2.68. The summed E-state index contributed by atoms with van der Waals surface area (Å²) >= 11 is 3.13. The zero-order chi connectivity index (χ0) is 10.7. The molecule has 1 rings (SSSR count). The summed E-state index contributed by atoms with van der Waals surface area (Å²) < 4.78 is 25.5. The fourth-order valence-electron chi connectivity index (χ4n) is 1.05. The first-order valence-electron chi connectivity index (χ1n) is 3.87. The van der Waals surface area contributed by atoms with Crippen LogP contribution in [0.15, 0.2) is 10.7 Å². The van der Waals surface area contributed by atoms with E-state index < -0.39 is 6.43 Å². The van der Waals surface area contributed by atoms with Crippen LogP contribution in [0.1, 0.15) is 23.2 Å². The molecule has 0 saturated carbocycles. The van der Waals surface area contributed by atoms with Gasteiger partial charge in [-0.3, -0.25) is 0 Å². The molecule has 0 aliphatic carbocycles. The van der Waals surface area contributed by atoms with E-state index in [2.05, 4.69) is 20.9 Å². The van der Waals surface area contributed by atoms with Crippen molar-refractivity contribution in [3.05, 3.63) is 27.5 Å². The number of pyridine rings is 1. The standard InChI is InChI=1S/C9H7BrF2N2/c1-5-4-6(9(11)12)7(2-3-13)14-8(5)10/h4,9H,2H2,1H3. The third-order valence-electron chi connectivity index (χ3n) is 1.75. The van der Waals surface area contributed by atoms with E-state index in [1.807, 2.05) is 6.07 Å². The summed E-state index contributed by atoms with van der Waals surface area (Å²) in [6, 6.07) is 3.16. The predicted molar refractivity (Wildman–Crippen MR) is 50.9 cm³/mol. The van der Waals surface area contributed by atoms with Gasteiger partial charge in [-0.1, -0.05) is 0 Å². The molecule has 74 valence electrons. The Balaban J connectivity index is 3.25. The average molecular weight is 261 g/mol. The van der Waals surface area contributed by atoms with Crippen LogP contribution in [-0.2, 0) is 6.42 Å². The van der Waals surface area contributed by atoms with Crippen LogP contribution in [0.5, 0.6) is 0 Å². The summed E-state index contributed by atoms with van der Waals surface area (Å²) in [7, 11) is 0. The normalized spacial score (nSPS) is 10.3. The topological polar surface area (TPSA) is 36.7 Å². The van der Waals surface area contributed by atoms with Gasteiger partial charge in [0.25, 0.3) is 6.43 Å². The van der Waals surface area contributed by atoms with Crippen LogP contribution in [0.25, 0.3) is 0 Å². The number of rotatable bonds is 2. The molecule has 1 aromatic heterocycles. The number of nitriles is 1. The fraction of sp³-hybridized carbons (Fsp3) is 0.333. The molecule has 14 heavy (non-hydrogen) atoms. The van der Waals surface area contributed by atoms with Gasteiger partial charge in [0.2, 0.25) is 0 Å². The van der Waals surface area contributed by atoms with Gasteiger partial charge in [-0.15, -0.1) is 0 Å². The van der Waals surface area contributed by atoms with Crippen molar-refractivity contribution >= 4 is 15.9 Å². The molecule has 0 saturated heterocycles. The van der Waals surface area contributed by atoms with Crippen LogP contribution in [-0.4, -0.2) is 4.98 Å². The summed E-state index contributed by atoms with van der Waals surface area (Å²) in [5.41, 5.74) is 0.620. The van der Waals surface area contributed by atoms with Gasteiger partial charge in [-0.2, -0.15) is 5.26 Å². The number of aromatic nitrogens is 1. The molecule has 0 aliphatic rings. The van der Waals surface area contributed by atoms with E-state index in [1.165, 1.54) is 6.07 Å². The zero-order valence-corrected chi connectivity index (χ0v) is 8.98. The molecular formula is C9H7BrF2N2. The number of aryl methyl sites for hydroxylation is 1. The van der Waals surface area contributed by atoms with Gasteiger partial charge in [0, 0.05) is 5.56 Å². The number of halogens is 3. The third kappa shape index (κ3) is 2.26. The molecule has 0 radical (unpaired) electrons. The predicted octanol–water partition coefficient (Wildman–Crippen LogP) is 3.16.